The van der Waals surface area contributed by atoms with E-state index < -0.39 is 0 Å². The predicted octanol–water partition coefficient (Wildman–Crippen LogP) is 2.25. The molecule has 0 unspecified atom stereocenters. The van der Waals surface area contributed by atoms with Crippen LogP contribution >= 0.6 is 23.2 Å². The molecule has 0 atom stereocenters. The molecule has 0 saturated heterocycles. The van der Waals surface area contributed by atoms with E-state index in [1.54, 1.807) is 30.5 Å². The van der Waals surface area contributed by atoms with Crippen LogP contribution in [0.2, 0.25) is 10.2 Å². The van der Waals surface area contributed by atoms with Gasteiger partial charge in [0.15, 0.2) is 5.65 Å². The van der Waals surface area contributed by atoms with E-state index in [4.69, 9.17) is 23.2 Å². The summed E-state index contributed by atoms with van der Waals surface area (Å²) in [7, 11) is 0. The number of nitrogens with zero attached hydrogens (tertiary/aromatic N) is 4. The highest BCUT2D eigenvalue weighted by Crippen LogP contribution is 2.17. The quantitative estimate of drug-likeness (QED) is 0.681. The van der Waals surface area contributed by atoms with E-state index in [-0.39, 0.29) is 12.2 Å². The molecule has 96 valence electrons. The Labute approximate surface area is 118 Å². The van der Waals surface area contributed by atoms with Crippen LogP contribution in [0.5, 0.6) is 0 Å². The van der Waals surface area contributed by atoms with Crippen molar-refractivity contribution in [2.45, 2.75) is 6.54 Å². The highest BCUT2D eigenvalue weighted by molar-refractivity contribution is 6.32. The zero-order valence-electron chi connectivity index (χ0n) is 9.62. The summed E-state index contributed by atoms with van der Waals surface area (Å²) in [5.74, 6) is 0. The van der Waals surface area contributed by atoms with E-state index in [1.807, 2.05) is 6.07 Å². The van der Waals surface area contributed by atoms with Gasteiger partial charge in [0.25, 0.3) is 0 Å². The fraction of sp³-hybridized carbons (Fsp3) is 0.0833. The van der Waals surface area contributed by atoms with Gasteiger partial charge in [-0.3, -0.25) is 4.40 Å². The third-order valence-electron chi connectivity index (χ3n) is 2.67. The van der Waals surface area contributed by atoms with Gasteiger partial charge in [-0.15, -0.1) is 5.10 Å². The summed E-state index contributed by atoms with van der Waals surface area (Å²) in [4.78, 5) is 16.2. The lowest BCUT2D eigenvalue weighted by Gasteiger charge is -2.02. The molecule has 0 bridgehead atoms. The standard InChI is InChI=1S/C12H8Cl2N4O/c13-8-4-5-10(14)15-9(8)7-18-12(19)17-6-2-1-3-11(17)16-18/h1-6H,7H2. The van der Waals surface area contributed by atoms with Crippen molar-refractivity contribution in [1.29, 1.82) is 0 Å². The Hall–Kier alpha value is -1.85. The molecule has 3 aromatic heterocycles. The number of hydrogen-bond acceptors (Lipinski definition) is 3. The molecular weight excluding hydrogens is 287 g/mol. The number of halogens is 2. The first kappa shape index (κ1) is 12.2. The first-order valence-corrected chi connectivity index (χ1v) is 6.26. The molecule has 5 nitrogen and oxygen atoms in total. The average Bonchev–Trinajstić information content (AvgIpc) is 2.72. The van der Waals surface area contributed by atoms with Crippen LogP contribution in [0.1, 0.15) is 5.69 Å². The Bertz CT molecular complexity index is 809. The van der Waals surface area contributed by atoms with Crippen LogP contribution < -0.4 is 5.69 Å². The third kappa shape index (κ3) is 2.22. The van der Waals surface area contributed by atoms with E-state index >= 15 is 0 Å². The first-order chi connectivity index (χ1) is 9.15. The third-order valence-corrected chi connectivity index (χ3v) is 3.23. The molecular formula is C12H8Cl2N4O. The average molecular weight is 295 g/mol. The maximum Gasteiger partial charge on any atom is 0.350 e. The molecule has 0 aliphatic heterocycles. The Morgan fingerprint density at radius 3 is 2.79 bits per heavy atom. The molecule has 0 fully saturated rings. The normalized spacial score (nSPS) is 11.1. The van der Waals surface area contributed by atoms with Gasteiger partial charge in [-0.05, 0) is 24.3 Å². The summed E-state index contributed by atoms with van der Waals surface area (Å²) < 4.78 is 2.76. The second-order valence-electron chi connectivity index (χ2n) is 3.93. The molecule has 0 saturated carbocycles. The number of rotatable bonds is 2. The van der Waals surface area contributed by atoms with Crippen molar-refractivity contribution in [3.05, 3.63) is 62.9 Å². The van der Waals surface area contributed by atoms with Gasteiger partial charge in [0.2, 0.25) is 0 Å². The van der Waals surface area contributed by atoms with E-state index in [0.717, 1.165) is 0 Å². The summed E-state index contributed by atoms with van der Waals surface area (Å²) >= 11 is 11.8. The fourth-order valence-electron chi connectivity index (χ4n) is 1.78. The van der Waals surface area contributed by atoms with E-state index in [1.165, 1.54) is 9.08 Å². The van der Waals surface area contributed by atoms with Crippen molar-refractivity contribution >= 4 is 28.8 Å². The Morgan fingerprint density at radius 1 is 1.16 bits per heavy atom. The van der Waals surface area contributed by atoms with Crippen molar-refractivity contribution in [2.75, 3.05) is 0 Å². The van der Waals surface area contributed by atoms with Crippen molar-refractivity contribution in [3.63, 3.8) is 0 Å². The summed E-state index contributed by atoms with van der Waals surface area (Å²) in [5.41, 5.74) is 0.846. The van der Waals surface area contributed by atoms with Crippen LogP contribution in [0.15, 0.2) is 41.3 Å². The summed E-state index contributed by atoms with van der Waals surface area (Å²) in [6, 6.07) is 8.58. The van der Waals surface area contributed by atoms with E-state index in [2.05, 4.69) is 10.1 Å². The molecule has 0 amide bonds. The zero-order chi connectivity index (χ0) is 13.4. The number of fused-ring (bicyclic) bond motifs is 1. The Balaban J connectivity index is 2.08. The van der Waals surface area contributed by atoms with Gasteiger partial charge in [-0.2, -0.15) is 0 Å². The second-order valence-corrected chi connectivity index (χ2v) is 4.73. The minimum absolute atomic E-state index is 0.180. The lowest BCUT2D eigenvalue weighted by atomic mass is 10.3. The molecule has 3 aromatic rings. The molecule has 0 aliphatic carbocycles. The zero-order valence-corrected chi connectivity index (χ0v) is 11.1. The van der Waals surface area contributed by atoms with Crippen molar-refractivity contribution in [2.24, 2.45) is 0 Å². The predicted molar refractivity (Wildman–Crippen MR) is 72.8 cm³/mol. The molecule has 0 radical (unpaired) electrons. The van der Waals surface area contributed by atoms with Crippen molar-refractivity contribution < 1.29 is 0 Å². The summed E-state index contributed by atoms with van der Waals surface area (Å²) in [6.07, 6.45) is 1.66. The maximum absolute atomic E-state index is 12.1. The molecule has 3 heterocycles. The minimum atomic E-state index is -0.242. The molecule has 0 spiro atoms. The van der Waals surface area contributed by atoms with E-state index in [0.29, 0.717) is 21.5 Å². The monoisotopic (exact) mass is 294 g/mol. The Kier molecular flexibility index (Phi) is 3.00. The van der Waals surface area contributed by atoms with Crippen LogP contribution in [-0.2, 0) is 6.54 Å². The van der Waals surface area contributed by atoms with E-state index in [9.17, 15) is 4.79 Å². The van der Waals surface area contributed by atoms with Gasteiger partial charge < -0.3 is 0 Å². The highest BCUT2D eigenvalue weighted by Gasteiger charge is 2.10. The second kappa shape index (κ2) is 4.68. The first-order valence-electron chi connectivity index (χ1n) is 5.50. The van der Waals surface area contributed by atoms with Crippen LogP contribution in [0, 0.1) is 0 Å². The van der Waals surface area contributed by atoms with Crippen LogP contribution in [-0.4, -0.2) is 19.2 Å². The van der Waals surface area contributed by atoms with Crippen LogP contribution in [0.3, 0.4) is 0 Å². The van der Waals surface area contributed by atoms with Crippen LogP contribution in [0.4, 0.5) is 0 Å². The SMILES string of the molecule is O=c1n(Cc2nc(Cl)ccc2Cl)nc2ccccn12. The smallest absolute Gasteiger partial charge is 0.250 e. The summed E-state index contributed by atoms with van der Waals surface area (Å²) in [5, 5.41) is 4.99. The minimum Gasteiger partial charge on any atom is -0.250 e. The number of aromatic nitrogens is 4. The number of pyridine rings is 2. The maximum atomic E-state index is 12.1. The summed E-state index contributed by atoms with van der Waals surface area (Å²) in [6.45, 7) is 0.180. The largest absolute Gasteiger partial charge is 0.350 e. The van der Waals surface area contributed by atoms with Gasteiger partial charge in [-0.25, -0.2) is 14.5 Å². The highest BCUT2D eigenvalue weighted by atomic mass is 35.5. The van der Waals surface area contributed by atoms with Gasteiger partial charge in [0.05, 0.1) is 17.3 Å². The number of hydrogen-bond donors (Lipinski definition) is 0. The van der Waals surface area contributed by atoms with Crippen molar-refractivity contribution in [3.8, 4) is 0 Å². The van der Waals surface area contributed by atoms with Gasteiger partial charge in [-0.1, -0.05) is 29.3 Å². The molecule has 3 rings (SSSR count). The van der Waals surface area contributed by atoms with Gasteiger partial charge >= 0.3 is 5.69 Å². The van der Waals surface area contributed by atoms with Gasteiger partial charge in [0.1, 0.15) is 5.15 Å². The fourth-order valence-corrected chi connectivity index (χ4v) is 2.11. The molecule has 7 heteroatoms. The van der Waals surface area contributed by atoms with Crippen LogP contribution in [0.25, 0.3) is 5.65 Å². The lowest BCUT2D eigenvalue weighted by Crippen LogP contribution is -2.22. The van der Waals surface area contributed by atoms with Gasteiger partial charge in [0, 0.05) is 6.20 Å². The lowest BCUT2D eigenvalue weighted by molar-refractivity contribution is 0.646. The van der Waals surface area contributed by atoms with Crippen molar-refractivity contribution in [1.82, 2.24) is 19.2 Å². The molecule has 0 N–H and O–H groups in total. The topological polar surface area (TPSA) is 52.2 Å². The molecule has 0 aliphatic rings. The molecule has 19 heavy (non-hydrogen) atoms. The molecule has 0 aromatic carbocycles. The Morgan fingerprint density at radius 2 is 2.00 bits per heavy atom.